The lowest BCUT2D eigenvalue weighted by Gasteiger charge is -2.35. The Morgan fingerprint density at radius 2 is 2.26 bits per heavy atom. The first-order valence-corrected chi connectivity index (χ1v) is 8.81. The van der Waals surface area contributed by atoms with E-state index in [0.717, 1.165) is 30.0 Å². The Labute approximate surface area is 138 Å². The third kappa shape index (κ3) is 2.93. The maximum atomic E-state index is 12.8. The molecule has 0 spiro atoms. The second-order valence-corrected chi connectivity index (χ2v) is 6.88. The lowest BCUT2D eigenvalue weighted by molar-refractivity contribution is -0.139. The van der Waals surface area contributed by atoms with E-state index in [1.807, 2.05) is 33.8 Å². The monoisotopic (exact) mass is 330 g/mol. The first kappa shape index (κ1) is 14.6. The molecule has 4 rings (SSSR count). The molecule has 3 heterocycles. The number of benzene rings is 1. The average Bonchev–Trinajstić information content (AvgIpc) is 3.15. The van der Waals surface area contributed by atoms with Gasteiger partial charge in [0.15, 0.2) is 6.10 Å². The summed E-state index contributed by atoms with van der Waals surface area (Å²) in [5.41, 5.74) is 0. The van der Waals surface area contributed by atoms with Gasteiger partial charge in [-0.1, -0.05) is 12.1 Å². The van der Waals surface area contributed by atoms with Crippen LogP contribution in [0.1, 0.15) is 18.9 Å². The molecule has 2 aliphatic heterocycles. The van der Waals surface area contributed by atoms with Crippen LogP contribution in [0.4, 0.5) is 0 Å². The lowest BCUT2D eigenvalue weighted by Crippen LogP contribution is -2.48. The average molecular weight is 330 g/mol. The zero-order valence-corrected chi connectivity index (χ0v) is 13.5. The van der Waals surface area contributed by atoms with Crippen molar-refractivity contribution >= 4 is 17.7 Å². The summed E-state index contributed by atoms with van der Waals surface area (Å²) < 4.78 is 7.78. The molecular weight excluding hydrogens is 312 g/mol. The highest BCUT2D eigenvalue weighted by Crippen LogP contribution is 2.35. The number of hydrogen-bond acceptors (Lipinski definition) is 5. The molecule has 1 amide bonds. The Morgan fingerprint density at radius 3 is 3.13 bits per heavy atom. The Hall–Kier alpha value is -2.02. The SMILES string of the molecule is O=C([C@@H]1CSc2ccccc2O1)N1CCC[C@H](n2cncn2)C1. The highest BCUT2D eigenvalue weighted by Gasteiger charge is 2.33. The quantitative estimate of drug-likeness (QED) is 0.843. The summed E-state index contributed by atoms with van der Waals surface area (Å²) in [7, 11) is 0. The number of rotatable bonds is 2. The number of carbonyl (C=O) groups excluding carboxylic acids is 1. The first-order valence-electron chi connectivity index (χ1n) is 7.82. The maximum Gasteiger partial charge on any atom is 0.264 e. The number of nitrogens with zero attached hydrogens (tertiary/aromatic N) is 4. The molecule has 1 aromatic carbocycles. The molecule has 1 saturated heterocycles. The summed E-state index contributed by atoms with van der Waals surface area (Å²) in [6.45, 7) is 1.46. The zero-order chi connectivity index (χ0) is 15.6. The van der Waals surface area contributed by atoms with Crippen molar-refractivity contribution in [1.29, 1.82) is 0 Å². The van der Waals surface area contributed by atoms with Gasteiger partial charge in [-0.2, -0.15) is 5.10 Å². The first-order chi connectivity index (χ1) is 11.3. The minimum Gasteiger partial charge on any atom is -0.479 e. The van der Waals surface area contributed by atoms with E-state index in [4.69, 9.17) is 4.74 Å². The van der Waals surface area contributed by atoms with Gasteiger partial charge in [0.2, 0.25) is 0 Å². The van der Waals surface area contributed by atoms with Gasteiger partial charge in [-0.3, -0.25) is 4.79 Å². The third-order valence-electron chi connectivity index (χ3n) is 4.30. The normalized spacial score (nSPS) is 23.9. The van der Waals surface area contributed by atoms with Crippen LogP contribution in [0.15, 0.2) is 41.8 Å². The van der Waals surface area contributed by atoms with Crippen LogP contribution in [0.2, 0.25) is 0 Å². The van der Waals surface area contributed by atoms with Crippen LogP contribution < -0.4 is 4.74 Å². The molecular formula is C16H18N4O2S. The van der Waals surface area contributed by atoms with Gasteiger partial charge < -0.3 is 9.64 Å². The number of piperidine rings is 1. The van der Waals surface area contributed by atoms with Gasteiger partial charge in [0.05, 0.1) is 6.04 Å². The smallest absolute Gasteiger partial charge is 0.264 e. The molecule has 0 radical (unpaired) electrons. The van der Waals surface area contributed by atoms with E-state index in [0.29, 0.717) is 12.3 Å². The minimum absolute atomic E-state index is 0.0804. The Morgan fingerprint density at radius 1 is 1.35 bits per heavy atom. The summed E-state index contributed by atoms with van der Waals surface area (Å²) >= 11 is 1.69. The number of aromatic nitrogens is 3. The summed E-state index contributed by atoms with van der Waals surface area (Å²) in [6, 6.07) is 8.09. The fourth-order valence-electron chi connectivity index (χ4n) is 3.12. The highest BCUT2D eigenvalue weighted by molar-refractivity contribution is 7.99. The maximum absolute atomic E-state index is 12.8. The summed E-state index contributed by atoms with van der Waals surface area (Å²) in [5.74, 6) is 1.56. The second kappa shape index (κ2) is 6.23. The molecule has 2 aromatic rings. The molecule has 6 nitrogen and oxygen atoms in total. The van der Waals surface area contributed by atoms with E-state index in [2.05, 4.69) is 10.1 Å². The molecule has 0 N–H and O–H groups in total. The van der Waals surface area contributed by atoms with Gasteiger partial charge in [-0.25, -0.2) is 9.67 Å². The zero-order valence-electron chi connectivity index (χ0n) is 12.7. The standard InChI is InChI=1S/C16H18N4O2S/c21-16(14-9-23-15-6-2-1-5-13(15)22-14)19-7-3-4-12(8-19)20-11-17-10-18-20/h1-2,5-6,10-12,14H,3-4,7-9H2/t12-,14-/m0/s1. The van der Waals surface area contributed by atoms with Crippen LogP contribution in [0, 0.1) is 0 Å². The number of fused-ring (bicyclic) bond motifs is 1. The number of likely N-dealkylation sites (tertiary alicyclic amines) is 1. The van der Waals surface area contributed by atoms with E-state index in [9.17, 15) is 4.79 Å². The van der Waals surface area contributed by atoms with Gasteiger partial charge in [-0.05, 0) is 25.0 Å². The van der Waals surface area contributed by atoms with E-state index >= 15 is 0 Å². The van der Waals surface area contributed by atoms with Crippen molar-refractivity contribution in [3.8, 4) is 5.75 Å². The van der Waals surface area contributed by atoms with Crippen molar-refractivity contribution < 1.29 is 9.53 Å². The molecule has 0 bridgehead atoms. The molecule has 23 heavy (non-hydrogen) atoms. The second-order valence-electron chi connectivity index (χ2n) is 5.82. The van der Waals surface area contributed by atoms with Crippen LogP contribution in [0.3, 0.4) is 0 Å². The van der Waals surface area contributed by atoms with Crippen LogP contribution in [0.5, 0.6) is 5.75 Å². The van der Waals surface area contributed by atoms with Crippen molar-refractivity contribution in [2.24, 2.45) is 0 Å². The summed E-state index contributed by atoms with van der Waals surface area (Å²) in [6.07, 6.45) is 4.87. The molecule has 7 heteroatoms. The fraction of sp³-hybridized carbons (Fsp3) is 0.438. The summed E-state index contributed by atoms with van der Waals surface area (Å²) in [5, 5.41) is 4.21. The van der Waals surface area contributed by atoms with Gasteiger partial charge in [0.25, 0.3) is 5.91 Å². The molecule has 1 aromatic heterocycles. The number of amides is 1. The third-order valence-corrected chi connectivity index (χ3v) is 5.42. The Bertz CT molecular complexity index is 691. The molecule has 1 fully saturated rings. The number of ether oxygens (including phenoxy) is 1. The van der Waals surface area contributed by atoms with Crippen molar-refractivity contribution in [2.45, 2.75) is 29.9 Å². The fourth-order valence-corrected chi connectivity index (χ4v) is 4.10. The van der Waals surface area contributed by atoms with Crippen molar-refractivity contribution in [1.82, 2.24) is 19.7 Å². The molecule has 0 saturated carbocycles. The molecule has 2 atom stereocenters. The van der Waals surface area contributed by atoms with Crippen LogP contribution >= 0.6 is 11.8 Å². The lowest BCUT2D eigenvalue weighted by atomic mass is 10.1. The molecule has 0 unspecified atom stereocenters. The van der Waals surface area contributed by atoms with Gasteiger partial charge in [0.1, 0.15) is 18.4 Å². The number of para-hydroxylation sites is 1. The predicted molar refractivity (Wildman–Crippen MR) is 86.5 cm³/mol. The minimum atomic E-state index is -0.399. The van der Waals surface area contributed by atoms with Gasteiger partial charge >= 0.3 is 0 Å². The predicted octanol–water partition coefficient (Wildman–Crippen LogP) is 1.99. The number of carbonyl (C=O) groups is 1. The molecule has 0 aliphatic carbocycles. The number of hydrogen-bond donors (Lipinski definition) is 0. The van der Waals surface area contributed by atoms with Crippen molar-refractivity contribution in [3.05, 3.63) is 36.9 Å². The largest absolute Gasteiger partial charge is 0.479 e. The van der Waals surface area contributed by atoms with Crippen LogP contribution in [0.25, 0.3) is 0 Å². The van der Waals surface area contributed by atoms with E-state index in [1.165, 1.54) is 0 Å². The Kier molecular flexibility index (Phi) is 3.95. The van der Waals surface area contributed by atoms with E-state index < -0.39 is 6.10 Å². The van der Waals surface area contributed by atoms with Crippen molar-refractivity contribution in [2.75, 3.05) is 18.8 Å². The molecule has 2 aliphatic rings. The van der Waals surface area contributed by atoms with E-state index in [1.54, 1.807) is 24.4 Å². The van der Waals surface area contributed by atoms with E-state index in [-0.39, 0.29) is 11.9 Å². The van der Waals surface area contributed by atoms with Gasteiger partial charge in [-0.15, -0.1) is 11.8 Å². The molecule has 120 valence electrons. The van der Waals surface area contributed by atoms with Crippen LogP contribution in [-0.4, -0.2) is 50.5 Å². The van der Waals surface area contributed by atoms with Crippen LogP contribution in [-0.2, 0) is 4.79 Å². The van der Waals surface area contributed by atoms with Crippen molar-refractivity contribution in [3.63, 3.8) is 0 Å². The van der Waals surface area contributed by atoms with Gasteiger partial charge in [0, 0.05) is 23.7 Å². The topological polar surface area (TPSA) is 60.2 Å². The Balaban J connectivity index is 1.45. The highest BCUT2D eigenvalue weighted by atomic mass is 32.2. The number of thioether (sulfide) groups is 1. The summed E-state index contributed by atoms with van der Waals surface area (Å²) in [4.78, 5) is 19.8.